The number of nitrogens with zero attached hydrogens (tertiary/aromatic N) is 1. The van der Waals surface area contributed by atoms with Gasteiger partial charge >= 0.3 is 0 Å². The number of nitrogens with one attached hydrogen (secondary N) is 2. The summed E-state index contributed by atoms with van der Waals surface area (Å²) in [6.07, 6.45) is 0.568. The van der Waals surface area contributed by atoms with Crippen molar-refractivity contribution in [2.75, 3.05) is 4.90 Å². The summed E-state index contributed by atoms with van der Waals surface area (Å²) in [5.74, 6) is 0.725. The minimum Gasteiger partial charge on any atom is -0.288 e. The van der Waals surface area contributed by atoms with Crippen molar-refractivity contribution in [3.05, 3.63) is 54.1 Å². The Kier molecular flexibility index (Phi) is 5.22. The molecule has 2 rings (SSSR count). The molecule has 0 aromatic heterocycles. The lowest BCUT2D eigenvalue weighted by Gasteiger charge is -2.28. The van der Waals surface area contributed by atoms with Crippen molar-refractivity contribution in [1.29, 1.82) is 10.8 Å². The normalized spacial score (nSPS) is 10.2. The van der Waals surface area contributed by atoms with E-state index in [0.29, 0.717) is 18.1 Å². The number of hydrogen-bond acceptors (Lipinski definition) is 2. The number of amidine groups is 2. The highest BCUT2D eigenvalue weighted by Gasteiger charge is 2.21. The molecule has 108 valence electrons. The van der Waals surface area contributed by atoms with Gasteiger partial charge in [-0.15, -0.1) is 18.5 Å². The lowest BCUT2D eigenvalue weighted by atomic mass is 10.1. The van der Waals surface area contributed by atoms with Crippen molar-refractivity contribution in [3.8, 4) is 0 Å². The molecule has 0 aliphatic heterocycles. The summed E-state index contributed by atoms with van der Waals surface area (Å²) in [6.45, 7) is 1.93. The fourth-order valence-corrected chi connectivity index (χ4v) is 3.08. The topological polar surface area (TPSA) is 50.9 Å². The van der Waals surface area contributed by atoms with Crippen LogP contribution in [0.5, 0.6) is 0 Å². The zero-order valence-electron chi connectivity index (χ0n) is 11.9. The Bertz CT molecular complexity index is 648. The SMILES string of the molecule is CCC(=N)N(C(=N)c1ccccc1)c1c(P)cccc1P. The van der Waals surface area contributed by atoms with Crippen LogP contribution in [0.15, 0.2) is 48.5 Å². The van der Waals surface area contributed by atoms with Crippen LogP contribution in [0.4, 0.5) is 5.69 Å². The average molecular weight is 315 g/mol. The lowest BCUT2D eigenvalue weighted by molar-refractivity contribution is 1.17. The molecule has 2 aromatic carbocycles. The molecule has 21 heavy (non-hydrogen) atoms. The number of rotatable bonds is 3. The Morgan fingerprint density at radius 3 is 2.05 bits per heavy atom. The maximum absolute atomic E-state index is 8.52. The largest absolute Gasteiger partial charge is 0.288 e. The average Bonchev–Trinajstić information content (AvgIpc) is 2.50. The van der Waals surface area contributed by atoms with E-state index in [1.807, 2.05) is 55.5 Å². The Balaban J connectivity index is 2.55. The molecule has 0 saturated carbocycles. The van der Waals surface area contributed by atoms with Crippen molar-refractivity contribution >= 4 is 46.4 Å². The Hall–Kier alpha value is -1.56. The summed E-state index contributed by atoms with van der Waals surface area (Å²) in [7, 11) is 5.38. The molecule has 0 bridgehead atoms. The summed E-state index contributed by atoms with van der Waals surface area (Å²) in [4.78, 5) is 1.71. The molecule has 2 aromatic rings. The van der Waals surface area contributed by atoms with E-state index in [0.717, 1.165) is 21.9 Å². The fraction of sp³-hybridized carbons (Fsp3) is 0.125. The molecule has 0 aliphatic rings. The van der Waals surface area contributed by atoms with E-state index in [9.17, 15) is 0 Å². The van der Waals surface area contributed by atoms with Crippen LogP contribution < -0.4 is 15.5 Å². The summed E-state index contributed by atoms with van der Waals surface area (Å²) < 4.78 is 0. The summed E-state index contributed by atoms with van der Waals surface area (Å²) in [5.41, 5.74) is 1.67. The molecular weight excluding hydrogens is 296 g/mol. The molecule has 3 nitrogen and oxygen atoms in total. The van der Waals surface area contributed by atoms with Crippen molar-refractivity contribution in [2.45, 2.75) is 13.3 Å². The zero-order valence-corrected chi connectivity index (χ0v) is 14.2. The van der Waals surface area contributed by atoms with E-state index < -0.39 is 0 Å². The lowest BCUT2D eigenvalue weighted by Crippen LogP contribution is -2.40. The third kappa shape index (κ3) is 3.37. The first-order chi connectivity index (χ1) is 10.1. The van der Waals surface area contributed by atoms with E-state index in [2.05, 4.69) is 18.5 Å². The van der Waals surface area contributed by atoms with Gasteiger partial charge in [0.15, 0.2) is 0 Å². The standard InChI is InChI=1S/C16H19N3P2/c1-2-14(17)19(15-12(20)9-6-10-13(15)21)16(18)11-7-4-3-5-8-11/h3-10,17-18H,2,20-21H2,1H3. The van der Waals surface area contributed by atoms with E-state index in [1.54, 1.807) is 4.90 Å². The summed E-state index contributed by atoms with van der Waals surface area (Å²) in [6, 6.07) is 15.4. The van der Waals surface area contributed by atoms with Crippen LogP contribution in [0, 0.1) is 10.8 Å². The van der Waals surface area contributed by atoms with Gasteiger partial charge in [-0.3, -0.25) is 15.7 Å². The molecule has 0 heterocycles. The number of anilines is 1. The van der Waals surface area contributed by atoms with Gasteiger partial charge < -0.3 is 0 Å². The first-order valence-electron chi connectivity index (χ1n) is 6.71. The summed E-state index contributed by atoms with van der Waals surface area (Å²) in [5, 5.41) is 18.7. The first kappa shape index (κ1) is 15.8. The first-order valence-corrected chi connectivity index (χ1v) is 7.87. The minimum absolute atomic E-state index is 0.320. The Labute approximate surface area is 130 Å². The maximum atomic E-state index is 8.52. The van der Waals surface area contributed by atoms with Crippen LogP contribution >= 0.6 is 18.5 Å². The third-order valence-corrected chi connectivity index (χ3v) is 4.13. The highest BCUT2D eigenvalue weighted by atomic mass is 31.0. The molecule has 0 radical (unpaired) electrons. The predicted octanol–water partition coefficient (Wildman–Crippen LogP) is 2.91. The second-order valence-electron chi connectivity index (χ2n) is 4.64. The van der Waals surface area contributed by atoms with E-state index in [1.165, 1.54) is 0 Å². The van der Waals surface area contributed by atoms with Crippen LogP contribution in [0.3, 0.4) is 0 Å². The Morgan fingerprint density at radius 1 is 0.952 bits per heavy atom. The predicted molar refractivity (Wildman–Crippen MR) is 98.9 cm³/mol. The number of benzene rings is 2. The summed E-state index contributed by atoms with van der Waals surface area (Å²) >= 11 is 0. The van der Waals surface area contributed by atoms with Gasteiger partial charge in [-0.2, -0.15) is 0 Å². The molecular formula is C16H19N3P2. The number of para-hydroxylation sites is 1. The van der Waals surface area contributed by atoms with Gasteiger partial charge in [0, 0.05) is 12.0 Å². The monoisotopic (exact) mass is 315 g/mol. The van der Waals surface area contributed by atoms with Crippen molar-refractivity contribution in [3.63, 3.8) is 0 Å². The van der Waals surface area contributed by atoms with Crippen molar-refractivity contribution in [1.82, 2.24) is 0 Å². The van der Waals surface area contributed by atoms with Gasteiger partial charge in [0.05, 0.1) is 5.69 Å². The molecule has 5 heteroatoms. The van der Waals surface area contributed by atoms with E-state index in [-0.39, 0.29) is 0 Å². The van der Waals surface area contributed by atoms with E-state index in [4.69, 9.17) is 10.8 Å². The van der Waals surface area contributed by atoms with Gasteiger partial charge in [0.25, 0.3) is 0 Å². The van der Waals surface area contributed by atoms with Crippen LogP contribution in [-0.2, 0) is 0 Å². The fourth-order valence-electron chi connectivity index (χ4n) is 2.10. The molecule has 2 atom stereocenters. The molecule has 0 saturated heterocycles. The van der Waals surface area contributed by atoms with Crippen LogP contribution in [0.1, 0.15) is 18.9 Å². The molecule has 0 amide bonds. The molecule has 0 spiro atoms. The maximum Gasteiger partial charge on any atom is 0.138 e. The second kappa shape index (κ2) is 6.93. The minimum atomic E-state index is 0.320. The van der Waals surface area contributed by atoms with Crippen LogP contribution in [0.2, 0.25) is 0 Å². The smallest absolute Gasteiger partial charge is 0.138 e. The molecule has 2 unspecified atom stereocenters. The van der Waals surface area contributed by atoms with Crippen LogP contribution in [0.25, 0.3) is 0 Å². The van der Waals surface area contributed by atoms with Gasteiger partial charge in [-0.1, -0.05) is 55.5 Å². The van der Waals surface area contributed by atoms with Gasteiger partial charge in [-0.25, -0.2) is 0 Å². The second-order valence-corrected chi connectivity index (χ2v) is 5.88. The highest BCUT2D eigenvalue weighted by molar-refractivity contribution is 7.30. The van der Waals surface area contributed by atoms with Crippen LogP contribution in [-0.4, -0.2) is 11.7 Å². The van der Waals surface area contributed by atoms with Gasteiger partial charge in [0.2, 0.25) is 0 Å². The van der Waals surface area contributed by atoms with Gasteiger partial charge in [-0.05, 0) is 10.6 Å². The Morgan fingerprint density at radius 2 is 1.52 bits per heavy atom. The van der Waals surface area contributed by atoms with Crippen molar-refractivity contribution in [2.24, 2.45) is 0 Å². The van der Waals surface area contributed by atoms with Crippen molar-refractivity contribution < 1.29 is 0 Å². The molecule has 0 fully saturated rings. The van der Waals surface area contributed by atoms with Gasteiger partial charge in [0.1, 0.15) is 11.7 Å². The van der Waals surface area contributed by atoms with E-state index >= 15 is 0 Å². The third-order valence-electron chi connectivity index (χ3n) is 3.20. The number of hydrogen-bond donors (Lipinski definition) is 2. The highest BCUT2D eigenvalue weighted by Crippen LogP contribution is 2.19. The molecule has 2 N–H and O–H groups in total. The quantitative estimate of drug-likeness (QED) is 0.511. The zero-order chi connectivity index (χ0) is 15.4. The molecule has 0 aliphatic carbocycles.